The normalized spacial score (nSPS) is 30.2. The van der Waals surface area contributed by atoms with Gasteiger partial charge in [0.15, 0.2) is 0 Å². The van der Waals surface area contributed by atoms with Crippen LogP contribution in [0.25, 0.3) is 0 Å². The SMILES string of the molecule is CC1CCC(=O)CC1N(C)C(C)C. The van der Waals surface area contributed by atoms with Crippen molar-refractivity contribution in [2.24, 2.45) is 5.92 Å². The molecule has 1 saturated carbocycles. The standard InChI is InChI=1S/C11H21NO/c1-8(2)12(4)11-7-10(13)6-5-9(11)3/h8-9,11H,5-7H2,1-4H3. The molecule has 0 amide bonds. The molecule has 0 spiro atoms. The summed E-state index contributed by atoms with van der Waals surface area (Å²) in [6.07, 6.45) is 2.63. The molecular formula is C11H21NO. The minimum atomic E-state index is 0.440. The maximum absolute atomic E-state index is 11.3. The molecule has 2 unspecified atom stereocenters. The summed E-state index contributed by atoms with van der Waals surface area (Å²) in [6, 6.07) is 1.01. The van der Waals surface area contributed by atoms with Crippen LogP contribution in [0.3, 0.4) is 0 Å². The number of hydrogen-bond donors (Lipinski definition) is 0. The van der Waals surface area contributed by atoms with E-state index < -0.39 is 0 Å². The third-order valence-electron chi connectivity index (χ3n) is 3.31. The zero-order valence-corrected chi connectivity index (χ0v) is 9.21. The van der Waals surface area contributed by atoms with E-state index >= 15 is 0 Å². The number of ketones is 1. The summed E-state index contributed by atoms with van der Waals surface area (Å²) in [7, 11) is 2.13. The van der Waals surface area contributed by atoms with E-state index in [0.717, 1.165) is 19.3 Å². The first-order chi connectivity index (χ1) is 6.02. The van der Waals surface area contributed by atoms with E-state index in [1.165, 1.54) is 0 Å². The van der Waals surface area contributed by atoms with Gasteiger partial charge >= 0.3 is 0 Å². The Morgan fingerprint density at radius 3 is 2.62 bits per heavy atom. The van der Waals surface area contributed by atoms with Crippen LogP contribution in [0.1, 0.15) is 40.0 Å². The maximum atomic E-state index is 11.3. The van der Waals surface area contributed by atoms with Crippen molar-refractivity contribution in [2.45, 2.75) is 52.1 Å². The lowest BCUT2D eigenvalue weighted by Crippen LogP contribution is -2.44. The second-order valence-electron chi connectivity index (χ2n) is 4.59. The Kier molecular flexibility index (Phi) is 3.48. The molecule has 1 fully saturated rings. The second kappa shape index (κ2) is 4.23. The van der Waals surface area contributed by atoms with Gasteiger partial charge in [0, 0.05) is 24.9 Å². The summed E-state index contributed by atoms with van der Waals surface area (Å²) >= 11 is 0. The Bertz CT molecular complexity index is 189. The van der Waals surface area contributed by atoms with Gasteiger partial charge in [-0.05, 0) is 33.2 Å². The summed E-state index contributed by atoms with van der Waals surface area (Å²) in [5, 5.41) is 0. The van der Waals surface area contributed by atoms with Gasteiger partial charge in [0.05, 0.1) is 0 Å². The van der Waals surface area contributed by atoms with Crippen molar-refractivity contribution in [3.8, 4) is 0 Å². The molecule has 1 rings (SSSR count). The van der Waals surface area contributed by atoms with Crippen molar-refractivity contribution < 1.29 is 4.79 Å². The summed E-state index contributed by atoms with van der Waals surface area (Å²) in [4.78, 5) is 13.7. The van der Waals surface area contributed by atoms with Crippen molar-refractivity contribution >= 4 is 5.78 Å². The van der Waals surface area contributed by atoms with Crippen molar-refractivity contribution in [1.29, 1.82) is 0 Å². The monoisotopic (exact) mass is 183 g/mol. The van der Waals surface area contributed by atoms with Crippen LogP contribution < -0.4 is 0 Å². The van der Waals surface area contributed by atoms with E-state index in [1.807, 2.05) is 0 Å². The molecule has 1 aliphatic carbocycles. The van der Waals surface area contributed by atoms with Crippen LogP contribution in [0, 0.1) is 5.92 Å². The number of rotatable bonds is 2. The fourth-order valence-corrected chi connectivity index (χ4v) is 2.05. The molecule has 13 heavy (non-hydrogen) atoms. The molecule has 2 nitrogen and oxygen atoms in total. The molecule has 0 heterocycles. The molecule has 0 aliphatic heterocycles. The molecule has 2 heteroatoms. The number of hydrogen-bond acceptors (Lipinski definition) is 2. The topological polar surface area (TPSA) is 20.3 Å². The zero-order chi connectivity index (χ0) is 10.0. The molecule has 0 aromatic rings. The minimum absolute atomic E-state index is 0.440. The van der Waals surface area contributed by atoms with Crippen LogP contribution in [0.5, 0.6) is 0 Å². The Morgan fingerprint density at radius 2 is 2.08 bits per heavy atom. The second-order valence-corrected chi connectivity index (χ2v) is 4.59. The van der Waals surface area contributed by atoms with Gasteiger partial charge in [0.2, 0.25) is 0 Å². The first kappa shape index (κ1) is 10.7. The van der Waals surface area contributed by atoms with Crippen LogP contribution >= 0.6 is 0 Å². The molecule has 76 valence electrons. The first-order valence-corrected chi connectivity index (χ1v) is 5.26. The average molecular weight is 183 g/mol. The summed E-state index contributed by atoms with van der Waals surface area (Å²) < 4.78 is 0. The van der Waals surface area contributed by atoms with Gasteiger partial charge in [-0.2, -0.15) is 0 Å². The third kappa shape index (κ3) is 2.53. The largest absolute Gasteiger partial charge is 0.300 e. The Balaban J connectivity index is 2.60. The van der Waals surface area contributed by atoms with E-state index in [2.05, 4.69) is 32.7 Å². The van der Waals surface area contributed by atoms with E-state index in [-0.39, 0.29) is 0 Å². The van der Waals surface area contributed by atoms with Gasteiger partial charge in [0.25, 0.3) is 0 Å². The van der Waals surface area contributed by atoms with Crippen molar-refractivity contribution in [3.05, 3.63) is 0 Å². The van der Waals surface area contributed by atoms with Crippen molar-refractivity contribution in [1.82, 2.24) is 4.90 Å². The van der Waals surface area contributed by atoms with Crippen molar-refractivity contribution in [2.75, 3.05) is 7.05 Å². The lowest BCUT2D eigenvalue weighted by Gasteiger charge is -2.37. The third-order valence-corrected chi connectivity index (χ3v) is 3.31. The van der Waals surface area contributed by atoms with E-state index in [4.69, 9.17) is 0 Å². The average Bonchev–Trinajstić information content (AvgIpc) is 2.08. The number of Topliss-reactive ketones (excluding diaryl/α,β-unsaturated/α-hetero) is 1. The molecule has 2 atom stereocenters. The molecule has 0 bridgehead atoms. The molecule has 1 aliphatic rings. The highest BCUT2D eigenvalue weighted by Crippen LogP contribution is 2.26. The fraction of sp³-hybridized carbons (Fsp3) is 0.909. The molecule has 0 aromatic carbocycles. The zero-order valence-electron chi connectivity index (χ0n) is 9.21. The predicted octanol–water partition coefficient (Wildman–Crippen LogP) is 2.08. The van der Waals surface area contributed by atoms with Crippen LogP contribution in [-0.2, 0) is 4.79 Å². The molecule has 0 N–H and O–H groups in total. The number of nitrogens with zero attached hydrogens (tertiary/aromatic N) is 1. The fourth-order valence-electron chi connectivity index (χ4n) is 2.05. The van der Waals surface area contributed by atoms with Crippen molar-refractivity contribution in [3.63, 3.8) is 0 Å². The van der Waals surface area contributed by atoms with Gasteiger partial charge < -0.3 is 4.90 Å². The molecule has 0 aromatic heterocycles. The van der Waals surface area contributed by atoms with Gasteiger partial charge in [0.1, 0.15) is 5.78 Å². The first-order valence-electron chi connectivity index (χ1n) is 5.26. The predicted molar refractivity (Wildman–Crippen MR) is 54.7 cm³/mol. The van der Waals surface area contributed by atoms with E-state index in [0.29, 0.717) is 23.8 Å². The quantitative estimate of drug-likeness (QED) is 0.653. The Hall–Kier alpha value is -0.370. The number of carbonyl (C=O) groups excluding carboxylic acids is 1. The highest BCUT2D eigenvalue weighted by atomic mass is 16.1. The van der Waals surface area contributed by atoms with Crippen LogP contribution in [0.4, 0.5) is 0 Å². The smallest absolute Gasteiger partial charge is 0.134 e. The van der Waals surface area contributed by atoms with E-state index in [9.17, 15) is 4.79 Å². The maximum Gasteiger partial charge on any atom is 0.134 e. The molecular weight excluding hydrogens is 162 g/mol. The van der Waals surface area contributed by atoms with Gasteiger partial charge in [-0.3, -0.25) is 4.79 Å². The Morgan fingerprint density at radius 1 is 1.46 bits per heavy atom. The highest BCUT2D eigenvalue weighted by Gasteiger charge is 2.29. The minimum Gasteiger partial charge on any atom is -0.300 e. The number of carbonyl (C=O) groups is 1. The highest BCUT2D eigenvalue weighted by molar-refractivity contribution is 5.79. The molecule has 0 radical (unpaired) electrons. The Labute approximate surface area is 81.3 Å². The van der Waals surface area contributed by atoms with Gasteiger partial charge in [-0.25, -0.2) is 0 Å². The molecule has 0 saturated heterocycles. The van der Waals surface area contributed by atoms with Crippen LogP contribution in [0.2, 0.25) is 0 Å². The van der Waals surface area contributed by atoms with Crippen LogP contribution in [0.15, 0.2) is 0 Å². The van der Waals surface area contributed by atoms with Gasteiger partial charge in [-0.1, -0.05) is 6.92 Å². The van der Waals surface area contributed by atoms with Gasteiger partial charge in [-0.15, -0.1) is 0 Å². The lowest BCUT2D eigenvalue weighted by atomic mass is 9.84. The lowest BCUT2D eigenvalue weighted by molar-refractivity contribution is -0.123. The van der Waals surface area contributed by atoms with E-state index in [1.54, 1.807) is 0 Å². The summed E-state index contributed by atoms with van der Waals surface area (Å²) in [5.74, 6) is 1.11. The summed E-state index contributed by atoms with van der Waals surface area (Å²) in [6.45, 7) is 6.63. The summed E-state index contributed by atoms with van der Waals surface area (Å²) in [5.41, 5.74) is 0. The van der Waals surface area contributed by atoms with Crippen LogP contribution in [-0.4, -0.2) is 29.8 Å².